The molecule has 1 heterocycles. The quantitative estimate of drug-likeness (QED) is 0.754. The number of benzene rings is 1. The number of aromatic nitrogens is 2. The third kappa shape index (κ3) is 3.70. The number of hydrogen-bond donors (Lipinski definition) is 0. The Bertz CT molecular complexity index is 672. The number of hydrogen-bond acceptors (Lipinski definition) is 3. The van der Waals surface area contributed by atoms with Crippen LogP contribution in [-0.4, -0.2) is 41.1 Å². The van der Waals surface area contributed by atoms with E-state index in [9.17, 15) is 9.18 Å². The van der Waals surface area contributed by atoms with Crippen molar-refractivity contribution in [2.45, 2.75) is 6.54 Å². The Labute approximate surface area is 135 Å². The molecule has 21 heavy (non-hydrogen) atoms. The Kier molecular flexibility index (Phi) is 5.13. The summed E-state index contributed by atoms with van der Waals surface area (Å²) in [5, 5.41) is 4.37. The Balaban J connectivity index is 2.39. The highest BCUT2D eigenvalue weighted by Gasteiger charge is 2.21. The molecule has 0 amide bonds. The topological polar surface area (TPSA) is 38.1 Å². The smallest absolute Gasteiger partial charge is 0.213 e. The van der Waals surface area contributed by atoms with Gasteiger partial charge < -0.3 is 4.90 Å². The third-order valence-electron chi connectivity index (χ3n) is 2.94. The zero-order valence-electron chi connectivity index (χ0n) is 11.6. The SMILES string of the molecule is CN(C)CCn1ncc(Cl)c1C(=O)c1cc(F)ccc1Br. The van der Waals surface area contributed by atoms with Crippen LogP contribution in [0.5, 0.6) is 0 Å². The highest BCUT2D eigenvalue weighted by Crippen LogP contribution is 2.25. The van der Waals surface area contributed by atoms with E-state index >= 15 is 0 Å². The second kappa shape index (κ2) is 6.68. The molecule has 1 aromatic heterocycles. The van der Waals surface area contributed by atoms with Gasteiger partial charge in [0.05, 0.1) is 17.8 Å². The largest absolute Gasteiger partial charge is 0.308 e. The fraction of sp³-hybridized carbons (Fsp3) is 0.286. The van der Waals surface area contributed by atoms with Gasteiger partial charge in [-0.1, -0.05) is 27.5 Å². The Morgan fingerprint density at radius 1 is 1.48 bits per heavy atom. The zero-order chi connectivity index (χ0) is 15.6. The molecule has 0 unspecified atom stereocenters. The molecule has 0 saturated carbocycles. The molecule has 7 heteroatoms. The maximum Gasteiger partial charge on any atom is 0.213 e. The minimum atomic E-state index is -0.475. The maximum absolute atomic E-state index is 13.4. The van der Waals surface area contributed by atoms with Crippen molar-refractivity contribution in [3.8, 4) is 0 Å². The molecule has 1 aromatic carbocycles. The van der Waals surface area contributed by atoms with Crippen LogP contribution in [0.1, 0.15) is 16.1 Å². The second-order valence-electron chi connectivity index (χ2n) is 4.82. The number of carbonyl (C=O) groups excluding carboxylic acids is 1. The van der Waals surface area contributed by atoms with E-state index in [4.69, 9.17) is 11.6 Å². The fourth-order valence-corrected chi connectivity index (χ4v) is 2.51. The first-order chi connectivity index (χ1) is 9.90. The standard InChI is InChI=1S/C14H14BrClFN3O/c1-19(2)5-6-20-13(12(16)8-18-20)14(21)10-7-9(17)3-4-11(10)15/h3-4,7-8H,5-6H2,1-2H3. The lowest BCUT2D eigenvalue weighted by Gasteiger charge is -2.12. The summed E-state index contributed by atoms with van der Waals surface area (Å²) in [5.74, 6) is -0.834. The van der Waals surface area contributed by atoms with Crippen LogP contribution in [0.15, 0.2) is 28.9 Å². The van der Waals surface area contributed by atoms with Crippen molar-refractivity contribution in [1.29, 1.82) is 0 Å². The normalized spacial score (nSPS) is 11.1. The van der Waals surface area contributed by atoms with Gasteiger partial charge in [-0.05, 0) is 32.3 Å². The van der Waals surface area contributed by atoms with Crippen LogP contribution >= 0.6 is 27.5 Å². The van der Waals surface area contributed by atoms with Gasteiger partial charge in [-0.3, -0.25) is 9.48 Å². The first-order valence-corrected chi connectivity index (χ1v) is 7.43. The van der Waals surface area contributed by atoms with Gasteiger partial charge in [0.1, 0.15) is 11.5 Å². The summed E-state index contributed by atoms with van der Waals surface area (Å²) in [6.07, 6.45) is 1.43. The van der Waals surface area contributed by atoms with E-state index in [1.807, 2.05) is 19.0 Å². The number of ketones is 1. The first-order valence-electron chi connectivity index (χ1n) is 6.26. The van der Waals surface area contributed by atoms with Crippen molar-refractivity contribution in [2.75, 3.05) is 20.6 Å². The van der Waals surface area contributed by atoms with E-state index in [-0.39, 0.29) is 22.1 Å². The van der Waals surface area contributed by atoms with E-state index in [0.717, 1.165) is 0 Å². The van der Waals surface area contributed by atoms with Gasteiger partial charge in [0.2, 0.25) is 5.78 Å². The average molecular weight is 375 g/mol. The molecule has 112 valence electrons. The molecule has 0 N–H and O–H groups in total. The van der Waals surface area contributed by atoms with E-state index in [2.05, 4.69) is 21.0 Å². The first kappa shape index (κ1) is 16.1. The molecule has 0 atom stereocenters. The van der Waals surface area contributed by atoms with Gasteiger partial charge in [-0.2, -0.15) is 5.10 Å². The highest BCUT2D eigenvalue weighted by molar-refractivity contribution is 9.10. The molecule has 0 radical (unpaired) electrons. The lowest BCUT2D eigenvalue weighted by atomic mass is 10.1. The Morgan fingerprint density at radius 3 is 2.86 bits per heavy atom. The fourth-order valence-electron chi connectivity index (χ4n) is 1.85. The summed E-state index contributed by atoms with van der Waals surface area (Å²) < 4.78 is 15.4. The minimum absolute atomic E-state index is 0.225. The predicted octanol–water partition coefficient (Wildman–Crippen LogP) is 3.23. The molecule has 4 nitrogen and oxygen atoms in total. The average Bonchev–Trinajstić information content (AvgIpc) is 2.79. The van der Waals surface area contributed by atoms with Crippen molar-refractivity contribution in [3.63, 3.8) is 0 Å². The third-order valence-corrected chi connectivity index (χ3v) is 3.91. The van der Waals surface area contributed by atoms with E-state index < -0.39 is 5.82 Å². The van der Waals surface area contributed by atoms with Crippen LogP contribution in [0.4, 0.5) is 4.39 Å². The van der Waals surface area contributed by atoms with Crippen molar-refractivity contribution in [3.05, 3.63) is 51.0 Å². The zero-order valence-corrected chi connectivity index (χ0v) is 13.9. The van der Waals surface area contributed by atoms with Crippen molar-refractivity contribution in [1.82, 2.24) is 14.7 Å². The lowest BCUT2D eigenvalue weighted by molar-refractivity contribution is 0.102. The highest BCUT2D eigenvalue weighted by atomic mass is 79.9. The van der Waals surface area contributed by atoms with Crippen molar-refractivity contribution >= 4 is 33.3 Å². The van der Waals surface area contributed by atoms with Crippen LogP contribution in [0.2, 0.25) is 5.02 Å². The van der Waals surface area contributed by atoms with Crippen LogP contribution < -0.4 is 0 Å². The van der Waals surface area contributed by atoms with Gasteiger partial charge in [0.25, 0.3) is 0 Å². The van der Waals surface area contributed by atoms with Gasteiger partial charge >= 0.3 is 0 Å². The van der Waals surface area contributed by atoms with Gasteiger partial charge in [-0.25, -0.2) is 4.39 Å². The number of nitrogens with zero attached hydrogens (tertiary/aromatic N) is 3. The molecule has 0 aliphatic rings. The summed E-state index contributed by atoms with van der Waals surface area (Å²) in [7, 11) is 3.85. The molecule has 0 saturated heterocycles. The van der Waals surface area contributed by atoms with E-state index in [1.165, 1.54) is 24.4 Å². The molecule has 0 spiro atoms. The number of carbonyl (C=O) groups is 1. The van der Waals surface area contributed by atoms with Crippen LogP contribution in [0.3, 0.4) is 0 Å². The molecule has 0 fully saturated rings. The van der Waals surface area contributed by atoms with Crippen molar-refractivity contribution in [2.24, 2.45) is 0 Å². The lowest BCUT2D eigenvalue weighted by Crippen LogP contribution is -2.22. The number of likely N-dealkylation sites (N-methyl/N-ethyl adjacent to an activating group) is 1. The number of halogens is 3. The van der Waals surface area contributed by atoms with Gasteiger partial charge in [0.15, 0.2) is 0 Å². The second-order valence-corrected chi connectivity index (χ2v) is 6.08. The molecule has 0 bridgehead atoms. The monoisotopic (exact) mass is 373 g/mol. The molecular formula is C14H14BrClFN3O. The molecule has 2 aromatic rings. The van der Waals surface area contributed by atoms with Crippen LogP contribution in [-0.2, 0) is 6.54 Å². The van der Waals surface area contributed by atoms with Gasteiger partial charge in [0, 0.05) is 16.6 Å². The molecule has 0 aliphatic carbocycles. The van der Waals surface area contributed by atoms with E-state index in [0.29, 0.717) is 17.6 Å². The molecular weight excluding hydrogens is 361 g/mol. The molecule has 0 aliphatic heterocycles. The summed E-state index contributed by atoms with van der Waals surface area (Å²) in [6.45, 7) is 1.23. The van der Waals surface area contributed by atoms with E-state index in [1.54, 1.807) is 4.68 Å². The summed E-state index contributed by atoms with van der Waals surface area (Å²) in [6, 6.07) is 3.97. The summed E-state index contributed by atoms with van der Waals surface area (Å²) in [5.41, 5.74) is 0.494. The summed E-state index contributed by atoms with van der Waals surface area (Å²) >= 11 is 9.33. The maximum atomic E-state index is 13.4. The Morgan fingerprint density at radius 2 is 2.19 bits per heavy atom. The van der Waals surface area contributed by atoms with Gasteiger partial charge in [-0.15, -0.1) is 0 Å². The van der Waals surface area contributed by atoms with Crippen molar-refractivity contribution < 1.29 is 9.18 Å². The summed E-state index contributed by atoms with van der Waals surface area (Å²) in [4.78, 5) is 14.6. The van der Waals surface area contributed by atoms with Crippen LogP contribution in [0, 0.1) is 5.82 Å². The Hall–Kier alpha value is -1.24. The molecule has 2 rings (SSSR count). The number of rotatable bonds is 5. The van der Waals surface area contributed by atoms with Crippen LogP contribution in [0.25, 0.3) is 0 Å². The predicted molar refractivity (Wildman–Crippen MR) is 83.3 cm³/mol. The minimum Gasteiger partial charge on any atom is -0.308 e.